The predicted molar refractivity (Wildman–Crippen MR) is 43.9 cm³/mol. The summed E-state index contributed by atoms with van der Waals surface area (Å²) in [6.07, 6.45) is 2.19. The van der Waals surface area contributed by atoms with Crippen molar-refractivity contribution in [2.45, 2.75) is 24.8 Å². The number of rotatable bonds is 2. The van der Waals surface area contributed by atoms with Crippen LogP contribution in [-0.4, -0.2) is 21.8 Å². The van der Waals surface area contributed by atoms with E-state index in [1.165, 1.54) is 0 Å². The molecular weight excluding hydrogens is 178 g/mol. The second-order valence-electron chi connectivity index (χ2n) is 2.78. The Morgan fingerprint density at radius 1 is 1.67 bits per heavy atom. The molecule has 1 saturated heterocycles. The molecule has 1 aliphatic heterocycles. The average molecular weight is 188 g/mol. The van der Waals surface area contributed by atoms with Crippen LogP contribution in [0.15, 0.2) is 0 Å². The number of hydrogen-bond acceptors (Lipinski definition) is 3. The predicted octanol–water partition coefficient (Wildman–Crippen LogP) is 1.39. The number of hydrogen-bond donors (Lipinski definition) is 1. The maximum absolute atomic E-state index is 5.57. The molecule has 0 aromatic carbocycles. The highest BCUT2D eigenvalue weighted by Gasteiger charge is 2.21. The van der Waals surface area contributed by atoms with Crippen molar-refractivity contribution in [1.29, 1.82) is 0 Å². The summed E-state index contributed by atoms with van der Waals surface area (Å²) in [4.78, 5) is 4.19. The first-order chi connectivity index (χ1) is 5.90. The lowest BCUT2D eigenvalue weighted by atomic mass is 10.2. The molecule has 1 N–H and O–H groups in total. The number of alkyl halides is 1. The van der Waals surface area contributed by atoms with Gasteiger partial charge in [0.1, 0.15) is 11.9 Å². The third-order valence-electron chi connectivity index (χ3n) is 1.89. The minimum Gasteiger partial charge on any atom is -0.370 e. The highest BCUT2D eigenvalue weighted by molar-refractivity contribution is 6.16. The zero-order valence-electron chi connectivity index (χ0n) is 6.59. The van der Waals surface area contributed by atoms with Crippen molar-refractivity contribution in [3.05, 3.63) is 11.6 Å². The fraction of sp³-hybridized carbons (Fsp3) is 0.714. The second-order valence-corrected chi connectivity index (χ2v) is 3.04. The van der Waals surface area contributed by atoms with E-state index in [4.69, 9.17) is 16.3 Å². The quantitative estimate of drug-likeness (QED) is 0.712. The van der Waals surface area contributed by atoms with Gasteiger partial charge >= 0.3 is 0 Å². The molecule has 12 heavy (non-hydrogen) atoms. The summed E-state index contributed by atoms with van der Waals surface area (Å²) < 4.78 is 5.41. The lowest BCUT2D eigenvalue weighted by molar-refractivity contribution is 0.105. The van der Waals surface area contributed by atoms with Gasteiger partial charge in [0.25, 0.3) is 0 Å². The Labute approximate surface area is 75.3 Å². The first kappa shape index (κ1) is 8.01. The molecule has 2 heterocycles. The minimum atomic E-state index is 0.0817. The number of ether oxygens (including phenoxy) is 1. The molecule has 1 aliphatic rings. The van der Waals surface area contributed by atoms with Crippen LogP contribution in [0.4, 0.5) is 0 Å². The van der Waals surface area contributed by atoms with E-state index >= 15 is 0 Å². The highest BCUT2D eigenvalue weighted by atomic mass is 35.5. The van der Waals surface area contributed by atoms with Gasteiger partial charge in [-0.15, -0.1) is 11.6 Å². The number of halogens is 1. The Morgan fingerprint density at radius 3 is 3.17 bits per heavy atom. The number of nitrogens with one attached hydrogen (secondary N) is 1. The van der Waals surface area contributed by atoms with Crippen LogP contribution < -0.4 is 0 Å². The topological polar surface area (TPSA) is 50.8 Å². The van der Waals surface area contributed by atoms with E-state index in [2.05, 4.69) is 15.2 Å². The highest BCUT2D eigenvalue weighted by Crippen LogP contribution is 2.25. The maximum Gasteiger partial charge on any atom is 0.179 e. The summed E-state index contributed by atoms with van der Waals surface area (Å²) in [7, 11) is 0. The first-order valence-electron chi connectivity index (χ1n) is 3.99. The molecule has 1 atom stereocenters. The van der Waals surface area contributed by atoms with Gasteiger partial charge in [0.2, 0.25) is 0 Å². The molecule has 1 aromatic heterocycles. The van der Waals surface area contributed by atoms with Crippen molar-refractivity contribution in [1.82, 2.24) is 15.2 Å². The monoisotopic (exact) mass is 187 g/mol. The van der Waals surface area contributed by atoms with Crippen LogP contribution in [0.3, 0.4) is 0 Å². The maximum atomic E-state index is 5.57. The van der Waals surface area contributed by atoms with E-state index in [0.717, 1.165) is 25.3 Å². The van der Waals surface area contributed by atoms with E-state index in [0.29, 0.717) is 11.7 Å². The third kappa shape index (κ3) is 1.44. The van der Waals surface area contributed by atoms with Gasteiger partial charge in [-0.1, -0.05) is 0 Å². The van der Waals surface area contributed by atoms with E-state index < -0.39 is 0 Å². The average Bonchev–Trinajstić information content (AvgIpc) is 2.75. The Bertz CT molecular complexity index is 257. The summed E-state index contributed by atoms with van der Waals surface area (Å²) in [6.45, 7) is 0.815. The Hall–Kier alpha value is -0.610. The second kappa shape index (κ2) is 3.41. The van der Waals surface area contributed by atoms with Crippen LogP contribution >= 0.6 is 11.6 Å². The lowest BCUT2D eigenvalue weighted by Gasteiger charge is -2.01. The number of aromatic nitrogens is 3. The first-order valence-corrected chi connectivity index (χ1v) is 4.52. The van der Waals surface area contributed by atoms with Crippen molar-refractivity contribution in [3.8, 4) is 0 Å². The minimum absolute atomic E-state index is 0.0817. The zero-order chi connectivity index (χ0) is 8.39. The molecule has 2 rings (SSSR count). The van der Waals surface area contributed by atoms with Gasteiger partial charge < -0.3 is 4.74 Å². The molecule has 0 aliphatic carbocycles. The summed E-state index contributed by atoms with van der Waals surface area (Å²) >= 11 is 5.57. The molecule has 0 amide bonds. The van der Waals surface area contributed by atoms with Gasteiger partial charge in [0.05, 0.1) is 5.88 Å². The van der Waals surface area contributed by atoms with Gasteiger partial charge in [-0.05, 0) is 12.8 Å². The van der Waals surface area contributed by atoms with Gasteiger partial charge in [-0.3, -0.25) is 5.10 Å². The van der Waals surface area contributed by atoms with Crippen LogP contribution in [-0.2, 0) is 10.6 Å². The standard InChI is InChI=1S/C7H10ClN3O/c8-4-6-9-7(11-10-6)5-2-1-3-12-5/h5H,1-4H2,(H,9,10,11). The summed E-state index contributed by atoms with van der Waals surface area (Å²) in [5.74, 6) is 1.82. The molecule has 0 radical (unpaired) electrons. The molecule has 0 spiro atoms. The SMILES string of the molecule is ClCc1nc(C2CCCO2)n[nH]1. The number of H-pyrrole nitrogens is 1. The number of nitrogens with zero attached hydrogens (tertiary/aromatic N) is 2. The smallest absolute Gasteiger partial charge is 0.179 e. The third-order valence-corrected chi connectivity index (χ3v) is 2.15. The van der Waals surface area contributed by atoms with Crippen molar-refractivity contribution < 1.29 is 4.74 Å². The lowest BCUT2D eigenvalue weighted by Crippen LogP contribution is -1.98. The van der Waals surface area contributed by atoms with Crippen molar-refractivity contribution in [2.24, 2.45) is 0 Å². The molecule has 1 fully saturated rings. The molecule has 1 unspecified atom stereocenters. The molecule has 1 aromatic rings. The van der Waals surface area contributed by atoms with Gasteiger partial charge in [-0.2, -0.15) is 5.10 Å². The van der Waals surface area contributed by atoms with Crippen LogP contribution in [0.2, 0.25) is 0 Å². The Balaban J connectivity index is 2.11. The molecule has 0 saturated carbocycles. The van der Waals surface area contributed by atoms with E-state index in [1.54, 1.807) is 0 Å². The van der Waals surface area contributed by atoms with Gasteiger partial charge in [-0.25, -0.2) is 4.98 Å². The fourth-order valence-corrected chi connectivity index (χ4v) is 1.41. The van der Waals surface area contributed by atoms with Crippen molar-refractivity contribution in [3.63, 3.8) is 0 Å². The molecule has 0 bridgehead atoms. The molecular formula is C7H10ClN3O. The van der Waals surface area contributed by atoms with E-state index in [-0.39, 0.29) is 6.10 Å². The fourth-order valence-electron chi connectivity index (χ4n) is 1.30. The molecule has 5 heteroatoms. The van der Waals surface area contributed by atoms with Gasteiger partial charge in [0.15, 0.2) is 5.82 Å². The van der Waals surface area contributed by atoms with Crippen molar-refractivity contribution in [2.75, 3.05) is 6.61 Å². The van der Waals surface area contributed by atoms with Gasteiger partial charge in [0, 0.05) is 6.61 Å². The molecule has 4 nitrogen and oxygen atoms in total. The largest absolute Gasteiger partial charge is 0.370 e. The van der Waals surface area contributed by atoms with E-state index in [1.807, 2.05) is 0 Å². The van der Waals surface area contributed by atoms with E-state index in [9.17, 15) is 0 Å². The normalized spacial score (nSPS) is 23.2. The van der Waals surface area contributed by atoms with Crippen molar-refractivity contribution >= 4 is 11.6 Å². The zero-order valence-corrected chi connectivity index (χ0v) is 7.34. The Morgan fingerprint density at radius 2 is 2.58 bits per heavy atom. The number of aromatic amines is 1. The summed E-state index contributed by atoms with van der Waals surface area (Å²) in [5, 5.41) is 6.78. The van der Waals surface area contributed by atoms with Crippen LogP contribution in [0.5, 0.6) is 0 Å². The van der Waals surface area contributed by atoms with Crippen LogP contribution in [0.25, 0.3) is 0 Å². The summed E-state index contributed by atoms with van der Waals surface area (Å²) in [6, 6.07) is 0. The molecule has 66 valence electrons. The van der Waals surface area contributed by atoms with Crippen LogP contribution in [0, 0.1) is 0 Å². The summed E-state index contributed by atoms with van der Waals surface area (Å²) in [5.41, 5.74) is 0. The Kier molecular flexibility index (Phi) is 2.28. The van der Waals surface area contributed by atoms with Crippen LogP contribution in [0.1, 0.15) is 30.6 Å².